The fraction of sp³-hybridized carbons (Fsp3) is 0.667. The topological polar surface area (TPSA) is 26.3 Å². The lowest BCUT2D eigenvalue weighted by atomic mass is 10.1. The predicted molar refractivity (Wildman–Crippen MR) is 51.2 cm³/mol. The van der Waals surface area contributed by atoms with Gasteiger partial charge in [0.2, 0.25) is 0 Å². The van der Waals surface area contributed by atoms with Crippen LogP contribution in [0.5, 0.6) is 0 Å². The fourth-order valence-corrected chi connectivity index (χ4v) is 2.29. The van der Waals surface area contributed by atoms with Crippen LogP contribution < -0.4 is 0 Å². The summed E-state index contributed by atoms with van der Waals surface area (Å²) in [4.78, 5) is 11.0. The normalized spacial score (nSPS) is 22.2. The molecule has 0 saturated carbocycles. The average Bonchev–Trinajstić information content (AvgIpc) is 2.51. The maximum Gasteiger partial charge on any atom is 0.333 e. The Hall–Kier alpha value is -0.440. The van der Waals surface area contributed by atoms with Crippen LogP contribution in [0.4, 0.5) is 0 Å². The summed E-state index contributed by atoms with van der Waals surface area (Å²) in [6, 6.07) is 0. The molecular formula is C9H14O2S. The zero-order valence-electron chi connectivity index (χ0n) is 7.34. The molecule has 68 valence electrons. The maximum absolute atomic E-state index is 11.0. The molecule has 1 aliphatic rings. The van der Waals surface area contributed by atoms with Crippen molar-refractivity contribution in [3.05, 3.63) is 12.2 Å². The number of hydrogen-bond donors (Lipinski definition) is 0. The van der Waals surface area contributed by atoms with Crippen molar-refractivity contribution >= 4 is 17.7 Å². The van der Waals surface area contributed by atoms with E-state index in [2.05, 4.69) is 6.58 Å². The van der Waals surface area contributed by atoms with Gasteiger partial charge in [0.1, 0.15) is 0 Å². The number of esters is 1. The van der Waals surface area contributed by atoms with Gasteiger partial charge in [0.05, 0.1) is 6.61 Å². The third-order valence-electron chi connectivity index (χ3n) is 1.82. The maximum atomic E-state index is 11.0. The SMILES string of the molecule is C=C(C)C(=O)OCC1CCSC1. The first kappa shape index (κ1) is 9.65. The third-order valence-corrected chi connectivity index (χ3v) is 3.05. The van der Waals surface area contributed by atoms with E-state index in [0.29, 0.717) is 18.1 Å². The van der Waals surface area contributed by atoms with Crippen LogP contribution in [0.2, 0.25) is 0 Å². The summed E-state index contributed by atoms with van der Waals surface area (Å²) in [6.07, 6.45) is 1.17. The van der Waals surface area contributed by atoms with Crippen molar-refractivity contribution in [2.45, 2.75) is 13.3 Å². The number of hydrogen-bond acceptors (Lipinski definition) is 3. The predicted octanol–water partition coefficient (Wildman–Crippen LogP) is 1.86. The van der Waals surface area contributed by atoms with Crippen molar-refractivity contribution in [3.8, 4) is 0 Å². The Morgan fingerprint density at radius 2 is 2.50 bits per heavy atom. The molecule has 0 radical (unpaired) electrons. The molecule has 0 amide bonds. The first-order valence-electron chi connectivity index (χ1n) is 4.10. The second kappa shape index (κ2) is 4.55. The quantitative estimate of drug-likeness (QED) is 0.497. The Balaban J connectivity index is 2.16. The number of rotatable bonds is 3. The summed E-state index contributed by atoms with van der Waals surface area (Å²) in [7, 11) is 0. The van der Waals surface area contributed by atoms with Crippen molar-refractivity contribution in [3.63, 3.8) is 0 Å². The van der Waals surface area contributed by atoms with E-state index < -0.39 is 0 Å². The van der Waals surface area contributed by atoms with Crippen LogP contribution in [0, 0.1) is 5.92 Å². The van der Waals surface area contributed by atoms with Crippen LogP contribution in [-0.2, 0) is 9.53 Å². The zero-order chi connectivity index (χ0) is 8.97. The van der Waals surface area contributed by atoms with Crippen molar-refractivity contribution in [2.24, 2.45) is 5.92 Å². The molecule has 1 unspecified atom stereocenters. The smallest absolute Gasteiger partial charge is 0.333 e. The lowest BCUT2D eigenvalue weighted by Crippen LogP contribution is -2.13. The summed E-state index contributed by atoms with van der Waals surface area (Å²) in [5.41, 5.74) is 0.487. The summed E-state index contributed by atoms with van der Waals surface area (Å²) >= 11 is 1.93. The summed E-state index contributed by atoms with van der Waals surface area (Å²) in [5, 5.41) is 0. The molecule has 0 aromatic heterocycles. The van der Waals surface area contributed by atoms with Gasteiger partial charge in [-0.15, -0.1) is 0 Å². The summed E-state index contributed by atoms with van der Waals surface area (Å²) in [5.74, 6) is 2.64. The molecule has 0 N–H and O–H groups in total. The van der Waals surface area contributed by atoms with Gasteiger partial charge in [0.25, 0.3) is 0 Å². The van der Waals surface area contributed by atoms with Crippen LogP contribution in [0.25, 0.3) is 0 Å². The molecule has 3 heteroatoms. The minimum atomic E-state index is -0.257. The molecule has 12 heavy (non-hydrogen) atoms. The van der Waals surface area contributed by atoms with Gasteiger partial charge in [0, 0.05) is 11.5 Å². The van der Waals surface area contributed by atoms with Gasteiger partial charge in [-0.05, 0) is 24.9 Å². The van der Waals surface area contributed by atoms with E-state index in [9.17, 15) is 4.79 Å². The molecule has 1 rings (SSSR count). The highest BCUT2D eigenvalue weighted by Gasteiger charge is 2.17. The van der Waals surface area contributed by atoms with E-state index in [1.54, 1.807) is 6.92 Å². The molecular weight excluding hydrogens is 172 g/mol. The summed E-state index contributed by atoms with van der Waals surface area (Å²) in [6.45, 7) is 5.76. The largest absolute Gasteiger partial charge is 0.462 e. The zero-order valence-corrected chi connectivity index (χ0v) is 8.15. The molecule has 1 heterocycles. The van der Waals surface area contributed by atoms with Gasteiger partial charge in [-0.2, -0.15) is 11.8 Å². The average molecular weight is 186 g/mol. The first-order chi connectivity index (χ1) is 5.70. The highest BCUT2D eigenvalue weighted by molar-refractivity contribution is 7.99. The Labute approximate surface area is 77.4 Å². The van der Waals surface area contributed by atoms with E-state index >= 15 is 0 Å². The van der Waals surface area contributed by atoms with Crippen LogP contribution in [-0.4, -0.2) is 24.1 Å². The Morgan fingerprint density at radius 1 is 1.75 bits per heavy atom. The second-order valence-corrected chi connectivity index (χ2v) is 4.26. The van der Waals surface area contributed by atoms with Gasteiger partial charge >= 0.3 is 5.97 Å². The van der Waals surface area contributed by atoms with Crippen LogP contribution in [0.3, 0.4) is 0 Å². The van der Waals surface area contributed by atoms with Crippen molar-refractivity contribution in [1.29, 1.82) is 0 Å². The van der Waals surface area contributed by atoms with Gasteiger partial charge < -0.3 is 4.74 Å². The lowest BCUT2D eigenvalue weighted by molar-refractivity contribution is -0.140. The second-order valence-electron chi connectivity index (χ2n) is 3.11. The van der Waals surface area contributed by atoms with Crippen molar-refractivity contribution < 1.29 is 9.53 Å². The van der Waals surface area contributed by atoms with Gasteiger partial charge in [-0.1, -0.05) is 6.58 Å². The molecule has 1 aliphatic heterocycles. The van der Waals surface area contributed by atoms with E-state index in [4.69, 9.17) is 4.74 Å². The number of ether oxygens (including phenoxy) is 1. The molecule has 1 saturated heterocycles. The van der Waals surface area contributed by atoms with E-state index in [-0.39, 0.29) is 5.97 Å². The number of carbonyl (C=O) groups excluding carboxylic acids is 1. The molecule has 0 bridgehead atoms. The Kier molecular flexibility index (Phi) is 3.66. The Morgan fingerprint density at radius 3 is 3.00 bits per heavy atom. The highest BCUT2D eigenvalue weighted by Crippen LogP contribution is 2.23. The van der Waals surface area contributed by atoms with Crippen molar-refractivity contribution in [1.82, 2.24) is 0 Å². The summed E-state index contributed by atoms with van der Waals surface area (Å²) < 4.78 is 5.04. The molecule has 0 aromatic carbocycles. The van der Waals surface area contributed by atoms with E-state index in [1.807, 2.05) is 11.8 Å². The standard InChI is InChI=1S/C9H14O2S/c1-7(2)9(10)11-5-8-3-4-12-6-8/h8H,1,3-6H2,2H3. The Bertz CT molecular complexity index is 183. The van der Waals surface area contributed by atoms with Gasteiger partial charge in [-0.25, -0.2) is 4.79 Å². The van der Waals surface area contributed by atoms with Crippen molar-refractivity contribution in [2.75, 3.05) is 18.1 Å². The molecule has 0 spiro atoms. The lowest BCUT2D eigenvalue weighted by Gasteiger charge is -2.08. The van der Waals surface area contributed by atoms with Crippen LogP contribution in [0.15, 0.2) is 12.2 Å². The fourth-order valence-electron chi connectivity index (χ4n) is 1.03. The van der Waals surface area contributed by atoms with E-state index in [0.717, 1.165) is 5.75 Å². The number of thioether (sulfide) groups is 1. The highest BCUT2D eigenvalue weighted by atomic mass is 32.2. The minimum absolute atomic E-state index is 0.257. The monoisotopic (exact) mass is 186 g/mol. The minimum Gasteiger partial charge on any atom is -0.462 e. The molecule has 0 aliphatic carbocycles. The third kappa shape index (κ3) is 2.89. The molecule has 1 atom stereocenters. The molecule has 2 nitrogen and oxygen atoms in total. The van der Waals surface area contributed by atoms with Crippen LogP contribution >= 0.6 is 11.8 Å². The number of carbonyl (C=O) groups is 1. The molecule has 1 fully saturated rings. The first-order valence-corrected chi connectivity index (χ1v) is 5.26. The van der Waals surface area contributed by atoms with E-state index in [1.165, 1.54) is 12.2 Å². The van der Waals surface area contributed by atoms with Gasteiger partial charge in [-0.3, -0.25) is 0 Å². The van der Waals surface area contributed by atoms with Crippen LogP contribution in [0.1, 0.15) is 13.3 Å². The molecule has 0 aromatic rings. The van der Waals surface area contributed by atoms with Gasteiger partial charge in [0.15, 0.2) is 0 Å².